The quantitative estimate of drug-likeness (QED) is 0.225. The second-order valence-corrected chi connectivity index (χ2v) is 10.5. The van der Waals surface area contributed by atoms with Gasteiger partial charge in [-0.1, -0.05) is 78.9 Å². The third-order valence-electron chi connectivity index (χ3n) is 6.27. The highest BCUT2D eigenvalue weighted by molar-refractivity contribution is 7.89. The van der Waals surface area contributed by atoms with E-state index in [0.717, 1.165) is 16.7 Å². The molecule has 0 aliphatic rings. The van der Waals surface area contributed by atoms with Gasteiger partial charge in [-0.25, -0.2) is 17.9 Å². The molecule has 190 valence electrons. The number of nitrogens with one attached hydrogen (secondary N) is 1. The van der Waals surface area contributed by atoms with E-state index in [-0.39, 0.29) is 23.8 Å². The second-order valence-electron chi connectivity index (χ2n) is 8.61. The molecule has 1 unspecified atom stereocenters. The van der Waals surface area contributed by atoms with Crippen LogP contribution in [0.3, 0.4) is 0 Å². The number of carbonyl (C=O) groups excluding carboxylic acids is 1. The molecule has 2 N–H and O–H groups in total. The number of aliphatic carboxylic acids is 1. The third kappa shape index (κ3) is 6.22. The lowest BCUT2D eigenvalue weighted by Crippen LogP contribution is -2.31. The van der Waals surface area contributed by atoms with Crippen LogP contribution in [0.2, 0.25) is 0 Å². The Balaban J connectivity index is 1.52. The summed E-state index contributed by atoms with van der Waals surface area (Å²) in [6.07, 6.45) is 0.375. The van der Waals surface area contributed by atoms with Crippen LogP contribution >= 0.6 is 0 Å². The molecule has 0 spiro atoms. The largest absolute Gasteiger partial charge is 0.497 e. The number of sulfonamides is 1. The molecule has 0 saturated carbocycles. The maximum atomic E-state index is 13.1. The average molecular weight is 518 g/mol. The minimum atomic E-state index is -3.66. The first-order valence-corrected chi connectivity index (χ1v) is 13.4. The smallest absolute Gasteiger partial charge is 0.377 e. The Bertz CT molecular complexity index is 1520. The summed E-state index contributed by atoms with van der Waals surface area (Å²) in [5.41, 5.74) is 2.68. The van der Waals surface area contributed by atoms with Gasteiger partial charge in [0.25, 0.3) is 5.78 Å². The fourth-order valence-corrected chi connectivity index (χ4v) is 5.79. The van der Waals surface area contributed by atoms with Gasteiger partial charge in [-0.15, -0.1) is 0 Å². The van der Waals surface area contributed by atoms with Gasteiger partial charge in [0.1, 0.15) is 5.75 Å². The maximum absolute atomic E-state index is 13.1. The number of benzene rings is 4. The summed E-state index contributed by atoms with van der Waals surface area (Å²) < 4.78 is 34.2. The normalized spacial score (nSPS) is 12.2. The zero-order chi connectivity index (χ0) is 26.4. The van der Waals surface area contributed by atoms with Crippen molar-refractivity contribution in [1.29, 1.82) is 0 Å². The molecule has 0 bridgehead atoms. The van der Waals surface area contributed by atoms with Gasteiger partial charge in [-0.05, 0) is 46.0 Å². The van der Waals surface area contributed by atoms with E-state index in [1.165, 1.54) is 6.07 Å². The molecule has 7 nitrogen and oxygen atoms in total. The molecular weight excluding hydrogens is 490 g/mol. The molecule has 0 aliphatic heterocycles. The van der Waals surface area contributed by atoms with Crippen LogP contribution in [0.25, 0.3) is 10.8 Å². The van der Waals surface area contributed by atoms with Crippen molar-refractivity contribution in [3.63, 3.8) is 0 Å². The van der Waals surface area contributed by atoms with E-state index in [9.17, 15) is 18.0 Å². The molecule has 0 fully saturated rings. The standard InChI is InChI=1S/C29H27NO6S/c1-36-23-15-13-22(14-16-23)27(20-7-3-2-4-8-20)19-37(34,35)30-18-17-21-9-5-11-25-24(21)10-6-12-26(25)28(31)29(32)33/h2-16,27,30H,17-19H2,1H3,(H,32,33). The van der Waals surface area contributed by atoms with Crippen molar-refractivity contribution in [2.45, 2.75) is 12.3 Å². The van der Waals surface area contributed by atoms with Crippen LogP contribution in [0.15, 0.2) is 91.0 Å². The van der Waals surface area contributed by atoms with E-state index in [1.54, 1.807) is 31.4 Å². The Morgan fingerprint density at radius 2 is 1.49 bits per heavy atom. The molecule has 0 heterocycles. The number of hydrogen-bond acceptors (Lipinski definition) is 5. The van der Waals surface area contributed by atoms with Gasteiger partial charge in [-0.3, -0.25) is 4.79 Å². The lowest BCUT2D eigenvalue weighted by molar-refractivity contribution is -0.131. The summed E-state index contributed by atoms with van der Waals surface area (Å²) in [6.45, 7) is 0.155. The number of rotatable bonds is 11. The molecule has 0 amide bonds. The summed E-state index contributed by atoms with van der Waals surface area (Å²) in [5, 5.41) is 10.4. The van der Waals surface area contributed by atoms with Crippen molar-refractivity contribution < 1.29 is 27.9 Å². The number of carboxylic acid groups (broad SMARTS) is 1. The van der Waals surface area contributed by atoms with Crippen LogP contribution in [0.5, 0.6) is 5.75 Å². The van der Waals surface area contributed by atoms with E-state index in [1.807, 2.05) is 60.7 Å². The lowest BCUT2D eigenvalue weighted by atomic mass is 9.93. The topological polar surface area (TPSA) is 110 Å². The first kappa shape index (κ1) is 26.1. The number of carboxylic acids is 1. The van der Waals surface area contributed by atoms with Crippen LogP contribution in [-0.2, 0) is 21.2 Å². The van der Waals surface area contributed by atoms with E-state index in [0.29, 0.717) is 22.9 Å². The van der Waals surface area contributed by atoms with Crippen molar-refractivity contribution in [2.75, 3.05) is 19.4 Å². The molecule has 0 aliphatic carbocycles. The Hall–Kier alpha value is -4.01. The Morgan fingerprint density at radius 1 is 0.838 bits per heavy atom. The number of hydrogen-bond donors (Lipinski definition) is 2. The number of ether oxygens (including phenoxy) is 1. The minimum absolute atomic E-state index is 0.109. The first-order chi connectivity index (χ1) is 17.8. The monoisotopic (exact) mass is 517 g/mol. The number of Topliss-reactive ketones (excluding diaryl/α,β-unsaturated/α-hetero) is 1. The van der Waals surface area contributed by atoms with E-state index >= 15 is 0 Å². The van der Waals surface area contributed by atoms with E-state index in [4.69, 9.17) is 9.84 Å². The fraction of sp³-hybridized carbons (Fsp3) is 0.172. The van der Waals surface area contributed by atoms with Gasteiger partial charge in [0.15, 0.2) is 0 Å². The third-order valence-corrected chi connectivity index (χ3v) is 7.69. The highest BCUT2D eigenvalue weighted by atomic mass is 32.2. The summed E-state index contributed by atoms with van der Waals surface area (Å²) in [6, 6.07) is 27.0. The summed E-state index contributed by atoms with van der Waals surface area (Å²) in [4.78, 5) is 23.3. The minimum Gasteiger partial charge on any atom is -0.497 e. The number of methoxy groups -OCH3 is 1. The zero-order valence-corrected chi connectivity index (χ0v) is 21.1. The Kier molecular flexibility index (Phi) is 8.01. The van der Waals surface area contributed by atoms with Crippen LogP contribution in [0.4, 0.5) is 0 Å². The van der Waals surface area contributed by atoms with E-state index < -0.39 is 21.8 Å². The predicted octanol–water partition coefficient (Wildman–Crippen LogP) is 4.41. The fourth-order valence-electron chi connectivity index (χ4n) is 4.43. The van der Waals surface area contributed by atoms with Crippen LogP contribution in [0, 0.1) is 0 Å². The van der Waals surface area contributed by atoms with Crippen molar-refractivity contribution in [3.8, 4) is 5.75 Å². The summed E-state index contributed by atoms with van der Waals surface area (Å²) in [5.74, 6) is -2.30. The Labute approximate surface area is 215 Å². The van der Waals surface area contributed by atoms with Gasteiger partial charge in [0.2, 0.25) is 10.0 Å². The number of carbonyl (C=O) groups is 2. The van der Waals surface area contributed by atoms with Gasteiger partial charge < -0.3 is 9.84 Å². The second kappa shape index (κ2) is 11.4. The molecule has 8 heteroatoms. The number of fused-ring (bicyclic) bond motifs is 1. The van der Waals surface area contributed by atoms with E-state index in [2.05, 4.69) is 4.72 Å². The lowest BCUT2D eigenvalue weighted by Gasteiger charge is -2.19. The molecule has 0 aromatic heterocycles. The van der Waals surface area contributed by atoms with Crippen molar-refractivity contribution >= 4 is 32.5 Å². The zero-order valence-electron chi connectivity index (χ0n) is 20.3. The first-order valence-electron chi connectivity index (χ1n) is 11.7. The highest BCUT2D eigenvalue weighted by Crippen LogP contribution is 2.28. The van der Waals surface area contributed by atoms with Gasteiger partial charge in [0.05, 0.1) is 12.9 Å². The summed E-state index contributed by atoms with van der Waals surface area (Å²) in [7, 11) is -2.08. The van der Waals surface area contributed by atoms with Crippen LogP contribution in [-0.4, -0.2) is 44.7 Å². The van der Waals surface area contributed by atoms with Gasteiger partial charge in [-0.2, -0.15) is 0 Å². The van der Waals surface area contributed by atoms with Gasteiger partial charge in [0, 0.05) is 18.0 Å². The molecule has 0 radical (unpaired) electrons. The molecule has 0 saturated heterocycles. The Morgan fingerprint density at radius 3 is 2.16 bits per heavy atom. The highest BCUT2D eigenvalue weighted by Gasteiger charge is 2.23. The van der Waals surface area contributed by atoms with Gasteiger partial charge >= 0.3 is 5.97 Å². The SMILES string of the molecule is COc1ccc(C(CS(=O)(=O)NCCc2cccc3c(C(=O)C(=O)O)cccc23)c2ccccc2)cc1. The molecule has 4 aromatic carbocycles. The number of ketones is 1. The predicted molar refractivity (Wildman–Crippen MR) is 143 cm³/mol. The van der Waals surface area contributed by atoms with Crippen LogP contribution in [0.1, 0.15) is 33.0 Å². The molecule has 37 heavy (non-hydrogen) atoms. The molecular formula is C29H27NO6S. The van der Waals surface area contributed by atoms with Crippen LogP contribution < -0.4 is 9.46 Å². The molecule has 4 aromatic rings. The van der Waals surface area contributed by atoms with Crippen molar-refractivity contribution in [1.82, 2.24) is 4.72 Å². The maximum Gasteiger partial charge on any atom is 0.377 e. The van der Waals surface area contributed by atoms with Crippen molar-refractivity contribution in [2.24, 2.45) is 0 Å². The summed E-state index contributed by atoms with van der Waals surface area (Å²) >= 11 is 0. The van der Waals surface area contributed by atoms with Crippen molar-refractivity contribution in [3.05, 3.63) is 113 Å². The molecule has 1 atom stereocenters. The molecule has 4 rings (SSSR count). The average Bonchev–Trinajstić information content (AvgIpc) is 2.91.